The van der Waals surface area contributed by atoms with Crippen LogP contribution in [0.25, 0.3) is 0 Å². The number of carboxylic acids is 1. The molecule has 1 fully saturated rings. The van der Waals surface area contributed by atoms with Crippen LogP contribution < -0.4 is 5.73 Å². The number of carboxylic acid groups (broad SMARTS) is 1. The van der Waals surface area contributed by atoms with Crippen LogP contribution in [0.3, 0.4) is 0 Å². The largest absolute Gasteiger partial charge is 0.480 e. The molecule has 4 heteroatoms. The van der Waals surface area contributed by atoms with Crippen LogP contribution in [-0.2, 0) is 9.53 Å². The van der Waals surface area contributed by atoms with Crippen molar-refractivity contribution in [2.45, 2.75) is 45.3 Å². The van der Waals surface area contributed by atoms with Gasteiger partial charge in [0.25, 0.3) is 0 Å². The molecule has 15 heavy (non-hydrogen) atoms. The summed E-state index contributed by atoms with van der Waals surface area (Å²) in [7, 11) is 0. The number of carbonyl (C=O) groups is 1. The molecule has 0 aliphatic heterocycles. The molecule has 88 valence electrons. The third kappa shape index (κ3) is 3.80. The second-order valence-electron chi connectivity index (χ2n) is 4.67. The molecule has 0 bridgehead atoms. The van der Waals surface area contributed by atoms with Crippen molar-refractivity contribution in [1.29, 1.82) is 0 Å². The first-order valence-corrected chi connectivity index (χ1v) is 5.60. The standard InChI is InChI=1S/C11H21NO3/c1-7-3-4-9(5-8(7)2)15-6-10(12)11(13)14/h7-10H,3-6,12H2,1-2H3,(H,13,14). The maximum absolute atomic E-state index is 10.5. The Morgan fingerprint density at radius 2 is 2.13 bits per heavy atom. The molecule has 4 unspecified atom stereocenters. The first kappa shape index (κ1) is 12.5. The third-order valence-electron chi connectivity index (χ3n) is 3.38. The lowest BCUT2D eigenvalue weighted by Gasteiger charge is -2.32. The Morgan fingerprint density at radius 3 is 2.67 bits per heavy atom. The Hall–Kier alpha value is -0.610. The summed E-state index contributed by atoms with van der Waals surface area (Å²) in [6, 6.07) is -0.889. The molecule has 0 aromatic carbocycles. The molecule has 3 N–H and O–H groups in total. The smallest absolute Gasteiger partial charge is 0.322 e. The SMILES string of the molecule is CC1CCC(OCC(N)C(=O)O)CC1C. The predicted molar refractivity (Wildman–Crippen MR) is 57.5 cm³/mol. The zero-order valence-electron chi connectivity index (χ0n) is 9.48. The topological polar surface area (TPSA) is 72.5 Å². The van der Waals surface area contributed by atoms with Crippen LogP contribution in [0.5, 0.6) is 0 Å². The van der Waals surface area contributed by atoms with E-state index in [0.717, 1.165) is 25.2 Å². The zero-order chi connectivity index (χ0) is 11.4. The van der Waals surface area contributed by atoms with Gasteiger partial charge in [0.1, 0.15) is 6.04 Å². The highest BCUT2D eigenvalue weighted by molar-refractivity contribution is 5.73. The van der Waals surface area contributed by atoms with E-state index in [2.05, 4.69) is 13.8 Å². The zero-order valence-corrected chi connectivity index (χ0v) is 9.48. The van der Waals surface area contributed by atoms with Crippen LogP contribution in [0.1, 0.15) is 33.1 Å². The second-order valence-corrected chi connectivity index (χ2v) is 4.67. The summed E-state index contributed by atoms with van der Waals surface area (Å²) in [6.45, 7) is 4.60. The van der Waals surface area contributed by atoms with Gasteiger partial charge in [-0.2, -0.15) is 0 Å². The van der Waals surface area contributed by atoms with Crippen molar-refractivity contribution in [2.24, 2.45) is 17.6 Å². The van der Waals surface area contributed by atoms with Crippen molar-refractivity contribution in [3.63, 3.8) is 0 Å². The summed E-state index contributed by atoms with van der Waals surface area (Å²) >= 11 is 0. The van der Waals surface area contributed by atoms with Crippen molar-refractivity contribution in [3.05, 3.63) is 0 Å². The van der Waals surface area contributed by atoms with Crippen molar-refractivity contribution in [2.75, 3.05) is 6.61 Å². The quantitative estimate of drug-likeness (QED) is 0.740. The van der Waals surface area contributed by atoms with E-state index in [1.54, 1.807) is 0 Å². The first-order valence-electron chi connectivity index (χ1n) is 5.60. The van der Waals surface area contributed by atoms with Crippen LogP contribution in [0, 0.1) is 11.8 Å². The average Bonchev–Trinajstić information content (AvgIpc) is 2.19. The summed E-state index contributed by atoms with van der Waals surface area (Å²) in [5, 5.41) is 8.60. The lowest BCUT2D eigenvalue weighted by molar-refractivity contribution is -0.141. The van der Waals surface area contributed by atoms with Gasteiger partial charge in [-0.1, -0.05) is 13.8 Å². The minimum Gasteiger partial charge on any atom is -0.480 e. The molecule has 0 aromatic heterocycles. The van der Waals surface area contributed by atoms with Crippen molar-refractivity contribution >= 4 is 5.97 Å². The van der Waals surface area contributed by atoms with E-state index in [4.69, 9.17) is 15.6 Å². The highest BCUT2D eigenvalue weighted by Gasteiger charge is 2.25. The lowest BCUT2D eigenvalue weighted by atomic mass is 9.80. The van der Waals surface area contributed by atoms with E-state index in [9.17, 15) is 4.79 Å². The highest BCUT2D eigenvalue weighted by Crippen LogP contribution is 2.30. The molecule has 4 nitrogen and oxygen atoms in total. The van der Waals surface area contributed by atoms with Crippen LogP contribution in [0.15, 0.2) is 0 Å². The summed E-state index contributed by atoms with van der Waals surface area (Å²) in [4.78, 5) is 10.5. The summed E-state index contributed by atoms with van der Waals surface area (Å²) < 4.78 is 5.52. The molecule has 1 aliphatic carbocycles. The van der Waals surface area contributed by atoms with Crippen LogP contribution in [0.4, 0.5) is 0 Å². The Morgan fingerprint density at radius 1 is 1.47 bits per heavy atom. The predicted octanol–water partition coefficient (Wildman–Crippen LogP) is 1.24. The van der Waals surface area contributed by atoms with Gasteiger partial charge in [-0.3, -0.25) is 4.79 Å². The Labute approximate surface area is 90.8 Å². The first-order chi connectivity index (χ1) is 7.00. The number of hydrogen-bond donors (Lipinski definition) is 2. The van der Waals surface area contributed by atoms with Gasteiger partial charge in [-0.05, 0) is 31.1 Å². The number of hydrogen-bond acceptors (Lipinski definition) is 3. The van der Waals surface area contributed by atoms with E-state index in [1.807, 2.05) is 0 Å². The van der Waals surface area contributed by atoms with Crippen LogP contribution in [-0.4, -0.2) is 29.8 Å². The molecule has 4 atom stereocenters. The molecule has 0 spiro atoms. The molecule has 0 heterocycles. The van der Waals surface area contributed by atoms with Gasteiger partial charge in [0.2, 0.25) is 0 Å². The lowest BCUT2D eigenvalue weighted by Crippen LogP contribution is -2.37. The third-order valence-corrected chi connectivity index (χ3v) is 3.38. The molecule has 0 saturated heterocycles. The summed E-state index contributed by atoms with van der Waals surface area (Å²) in [5.41, 5.74) is 5.37. The Bertz CT molecular complexity index is 220. The van der Waals surface area contributed by atoms with E-state index < -0.39 is 12.0 Å². The number of aliphatic carboxylic acids is 1. The van der Waals surface area contributed by atoms with Crippen molar-refractivity contribution in [1.82, 2.24) is 0 Å². The maximum Gasteiger partial charge on any atom is 0.322 e. The molecule has 0 radical (unpaired) electrons. The number of rotatable bonds is 4. The minimum absolute atomic E-state index is 0.126. The van der Waals surface area contributed by atoms with Gasteiger partial charge in [0.05, 0.1) is 12.7 Å². The van der Waals surface area contributed by atoms with E-state index >= 15 is 0 Å². The molecular formula is C11H21NO3. The van der Waals surface area contributed by atoms with Gasteiger partial charge in [-0.25, -0.2) is 0 Å². The fraction of sp³-hybridized carbons (Fsp3) is 0.909. The molecule has 1 aliphatic rings. The van der Waals surface area contributed by atoms with Crippen LogP contribution in [0.2, 0.25) is 0 Å². The normalized spacial score (nSPS) is 33.7. The molecule has 1 rings (SSSR count). The highest BCUT2D eigenvalue weighted by atomic mass is 16.5. The second kappa shape index (κ2) is 5.47. The molecule has 0 amide bonds. The Kier molecular flexibility index (Phi) is 4.54. The molecule has 0 aromatic rings. The van der Waals surface area contributed by atoms with E-state index in [0.29, 0.717) is 5.92 Å². The summed E-state index contributed by atoms with van der Waals surface area (Å²) in [5.74, 6) is 0.412. The number of nitrogens with two attached hydrogens (primary N) is 1. The van der Waals surface area contributed by atoms with Gasteiger partial charge in [0.15, 0.2) is 0 Å². The average molecular weight is 215 g/mol. The molecule has 1 saturated carbocycles. The van der Waals surface area contributed by atoms with Gasteiger partial charge >= 0.3 is 5.97 Å². The van der Waals surface area contributed by atoms with Gasteiger partial charge in [0, 0.05) is 0 Å². The van der Waals surface area contributed by atoms with Crippen LogP contribution >= 0.6 is 0 Å². The van der Waals surface area contributed by atoms with E-state index in [-0.39, 0.29) is 12.7 Å². The van der Waals surface area contributed by atoms with Crippen molar-refractivity contribution in [3.8, 4) is 0 Å². The number of ether oxygens (including phenoxy) is 1. The summed E-state index contributed by atoms with van der Waals surface area (Å²) in [6.07, 6.45) is 3.40. The fourth-order valence-corrected chi connectivity index (χ4v) is 1.96. The maximum atomic E-state index is 10.5. The minimum atomic E-state index is -0.993. The van der Waals surface area contributed by atoms with Gasteiger partial charge in [-0.15, -0.1) is 0 Å². The molecular weight excluding hydrogens is 194 g/mol. The fourth-order valence-electron chi connectivity index (χ4n) is 1.96. The van der Waals surface area contributed by atoms with Gasteiger partial charge < -0.3 is 15.6 Å². The monoisotopic (exact) mass is 215 g/mol. The van der Waals surface area contributed by atoms with E-state index in [1.165, 1.54) is 0 Å². The van der Waals surface area contributed by atoms with Crippen molar-refractivity contribution < 1.29 is 14.6 Å². The Balaban J connectivity index is 2.25.